The molecule has 0 aromatic heterocycles. The third-order valence-corrected chi connectivity index (χ3v) is 6.45. The van der Waals surface area contributed by atoms with Crippen LogP contribution in [0.4, 0.5) is 37.7 Å². The van der Waals surface area contributed by atoms with Crippen LogP contribution in [0.5, 0.6) is 0 Å². The van der Waals surface area contributed by atoms with E-state index in [-0.39, 0.29) is 22.5 Å². The first-order chi connectivity index (χ1) is 19.9. The summed E-state index contributed by atoms with van der Waals surface area (Å²) >= 11 is 0. The van der Waals surface area contributed by atoms with E-state index >= 15 is 0 Å². The number of alkyl halides is 6. The molecule has 2 N–H and O–H groups in total. The molecule has 10 heteroatoms. The number of amides is 2. The minimum Gasteiger partial charge on any atom is -0.322 e. The molecule has 0 bridgehead atoms. The number of rotatable bonds is 5. The van der Waals surface area contributed by atoms with Gasteiger partial charge in [-0.3, -0.25) is 9.59 Å². The number of carbonyl (C=O) groups is 2. The Hall–Kier alpha value is -5.12. The van der Waals surface area contributed by atoms with Crippen LogP contribution in [0, 0.1) is 0 Å². The molecule has 0 radical (unpaired) electrons. The molecule has 0 aliphatic carbocycles. The SMILES string of the molecule is O=C(Nc1cccc(C(F)(F)F)c1)c1cc(C(=O)Nc2cccc(C(F)(F)F)c2)cc(-c2cccc3ccccc23)c1. The van der Waals surface area contributed by atoms with Crippen molar-refractivity contribution in [3.8, 4) is 11.1 Å². The Kier molecular flexibility index (Phi) is 7.47. The lowest BCUT2D eigenvalue weighted by molar-refractivity contribution is -0.138. The van der Waals surface area contributed by atoms with E-state index in [0.717, 1.165) is 47.2 Å². The van der Waals surface area contributed by atoms with Crippen molar-refractivity contribution in [2.75, 3.05) is 10.6 Å². The molecule has 0 saturated carbocycles. The van der Waals surface area contributed by atoms with Gasteiger partial charge in [0.05, 0.1) is 11.1 Å². The van der Waals surface area contributed by atoms with Crippen molar-refractivity contribution in [3.63, 3.8) is 0 Å². The summed E-state index contributed by atoms with van der Waals surface area (Å²) in [5, 5.41) is 6.55. The van der Waals surface area contributed by atoms with Crippen LogP contribution < -0.4 is 10.6 Å². The first-order valence-corrected chi connectivity index (χ1v) is 12.5. The third-order valence-electron chi connectivity index (χ3n) is 6.45. The van der Waals surface area contributed by atoms with Crippen molar-refractivity contribution < 1.29 is 35.9 Å². The van der Waals surface area contributed by atoms with E-state index in [4.69, 9.17) is 0 Å². The lowest BCUT2D eigenvalue weighted by atomic mass is 9.94. The smallest absolute Gasteiger partial charge is 0.322 e. The van der Waals surface area contributed by atoms with E-state index in [9.17, 15) is 35.9 Å². The molecule has 0 spiro atoms. The van der Waals surface area contributed by atoms with Crippen LogP contribution in [0.1, 0.15) is 31.8 Å². The Morgan fingerprint density at radius 2 is 1.00 bits per heavy atom. The summed E-state index contributed by atoms with van der Waals surface area (Å²) in [7, 11) is 0. The Morgan fingerprint density at radius 3 is 1.52 bits per heavy atom. The highest BCUT2D eigenvalue weighted by molar-refractivity contribution is 6.11. The molecule has 0 aliphatic heterocycles. The fraction of sp³-hybridized carbons (Fsp3) is 0.0625. The number of hydrogen-bond acceptors (Lipinski definition) is 2. The summed E-state index contributed by atoms with van der Waals surface area (Å²) in [6, 6.07) is 25.2. The lowest BCUT2D eigenvalue weighted by Crippen LogP contribution is -2.17. The molecule has 0 aliphatic rings. The highest BCUT2D eigenvalue weighted by Gasteiger charge is 2.31. The van der Waals surface area contributed by atoms with Gasteiger partial charge >= 0.3 is 12.4 Å². The van der Waals surface area contributed by atoms with Crippen molar-refractivity contribution in [2.24, 2.45) is 0 Å². The average Bonchev–Trinajstić information content (AvgIpc) is 2.96. The Bertz CT molecular complexity index is 1720. The zero-order valence-electron chi connectivity index (χ0n) is 21.5. The second-order valence-corrected chi connectivity index (χ2v) is 9.39. The van der Waals surface area contributed by atoms with Crippen LogP contribution in [0.2, 0.25) is 0 Å². The fourth-order valence-electron chi connectivity index (χ4n) is 4.48. The Morgan fingerprint density at radius 1 is 0.524 bits per heavy atom. The van der Waals surface area contributed by atoms with Crippen molar-refractivity contribution in [2.45, 2.75) is 12.4 Å². The molecule has 0 fully saturated rings. The van der Waals surface area contributed by atoms with Crippen molar-refractivity contribution in [1.29, 1.82) is 0 Å². The first-order valence-electron chi connectivity index (χ1n) is 12.5. The van der Waals surface area contributed by atoms with E-state index < -0.39 is 35.3 Å². The molecule has 5 aromatic rings. The van der Waals surface area contributed by atoms with E-state index in [1.807, 2.05) is 30.3 Å². The molecule has 5 rings (SSSR count). The number of nitrogens with one attached hydrogen (secondary N) is 2. The average molecular weight is 579 g/mol. The van der Waals surface area contributed by atoms with Crippen LogP contribution >= 0.6 is 0 Å². The summed E-state index contributed by atoms with van der Waals surface area (Å²) in [6.45, 7) is 0. The largest absolute Gasteiger partial charge is 0.416 e. The third kappa shape index (κ3) is 6.27. The summed E-state index contributed by atoms with van der Waals surface area (Å²) < 4.78 is 79.1. The van der Waals surface area contributed by atoms with Gasteiger partial charge < -0.3 is 10.6 Å². The quantitative estimate of drug-likeness (QED) is 0.205. The second-order valence-electron chi connectivity index (χ2n) is 9.39. The van der Waals surface area contributed by atoms with E-state index in [2.05, 4.69) is 10.6 Å². The molecule has 212 valence electrons. The van der Waals surface area contributed by atoms with Gasteiger partial charge in [0, 0.05) is 22.5 Å². The first kappa shape index (κ1) is 28.4. The lowest BCUT2D eigenvalue weighted by Gasteiger charge is -2.14. The zero-order valence-corrected chi connectivity index (χ0v) is 21.5. The number of halogens is 6. The van der Waals surface area contributed by atoms with E-state index in [0.29, 0.717) is 11.1 Å². The van der Waals surface area contributed by atoms with E-state index in [1.165, 1.54) is 30.3 Å². The minimum atomic E-state index is -4.62. The van der Waals surface area contributed by atoms with Crippen LogP contribution in [0.3, 0.4) is 0 Å². The molecule has 4 nitrogen and oxygen atoms in total. The van der Waals surface area contributed by atoms with Crippen LogP contribution in [0.25, 0.3) is 21.9 Å². The molecular weight excluding hydrogens is 558 g/mol. The van der Waals surface area contributed by atoms with Gasteiger partial charge in [-0.05, 0) is 76.5 Å². The monoisotopic (exact) mass is 578 g/mol. The summed E-state index contributed by atoms with van der Waals surface area (Å²) in [4.78, 5) is 26.5. The van der Waals surface area contributed by atoms with Gasteiger partial charge in [-0.15, -0.1) is 0 Å². The Balaban J connectivity index is 1.55. The standard InChI is InChI=1S/C32H20F6N2O2/c33-31(34,35)23-8-4-10-25(17-23)39-29(41)21-14-20(28-13-3-7-19-6-1-2-12-27(19)28)15-22(16-21)30(42)40-26-11-5-9-24(18-26)32(36,37)38/h1-18H,(H,39,41)(H,40,42). The second kappa shape index (κ2) is 11.0. The van der Waals surface area contributed by atoms with Gasteiger partial charge in [-0.25, -0.2) is 0 Å². The molecule has 0 unspecified atom stereocenters. The maximum Gasteiger partial charge on any atom is 0.416 e. The number of benzene rings is 5. The van der Waals surface area contributed by atoms with Gasteiger partial charge in [0.2, 0.25) is 0 Å². The maximum absolute atomic E-state index is 13.3. The number of anilines is 2. The van der Waals surface area contributed by atoms with Gasteiger partial charge in [-0.1, -0.05) is 54.6 Å². The number of hydrogen-bond donors (Lipinski definition) is 2. The number of carbonyl (C=O) groups excluding carboxylic acids is 2. The molecule has 2 amide bonds. The van der Waals surface area contributed by atoms with Crippen LogP contribution in [-0.4, -0.2) is 11.8 Å². The molecule has 42 heavy (non-hydrogen) atoms. The van der Waals surface area contributed by atoms with Gasteiger partial charge in [-0.2, -0.15) is 26.3 Å². The molecule has 0 saturated heterocycles. The van der Waals surface area contributed by atoms with Crippen LogP contribution in [-0.2, 0) is 12.4 Å². The molecule has 0 atom stereocenters. The normalized spacial score (nSPS) is 11.8. The highest BCUT2D eigenvalue weighted by atomic mass is 19.4. The fourth-order valence-corrected chi connectivity index (χ4v) is 4.48. The summed E-state index contributed by atoms with van der Waals surface area (Å²) in [6.07, 6.45) is -9.24. The van der Waals surface area contributed by atoms with Crippen molar-refractivity contribution in [1.82, 2.24) is 0 Å². The van der Waals surface area contributed by atoms with Crippen molar-refractivity contribution >= 4 is 34.0 Å². The summed E-state index contributed by atoms with van der Waals surface area (Å²) in [5.41, 5.74) is -1.12. The molecule has 0 heterocycles. The molecule has 5 aromatic carbocycles. The maximum atomic E-state index is 13.3. The predicted molar refractivity (Wildman–Crippen MR) is 148 cm³/mol. The minimum absolute atomic E-state index is 0.0490. The summed E-state index contributed by atoms with van der Waals surface area (Å²) in [5.74, 6) is -1.57. The molecular formula is C32H20F6N2O2. The van der Waals surface area contributed by atoms with Gasteiger partial charge in [0.15, 0.2) is 0 Å². The van der Waals surface area contributed by atoms with Gasteiger partial charge in [0.1, 0.15) is 0 Å². The topological polar surface area (TPSA) is 58.2 Å². The Labute approximate surface area is 235 Å². The van der Waals surface area contributed by atoms with Crippen molar-refractivity contribution in [3.05, 3.63) is 131 Å². The zero-order chi connectivity index (χ0) is 30.1. The highest BCUT2D eigenvalue weighted by Crippen LogP contribution is 2.33. The van der Waals surface area contributed by atoms with Crippen LogP contribution in [0.15, 0.2) is 109 Å². The predicted octanol–water partition coefficient (Wildman–Crippen LogP) is 9.05. The van der Waals surface area contributed by atoms with E-state index in [1.54, 1.807) is 12.1 Å². The van der Waals surface area contributed by atoms with Gasteiger partial charge in [0.25, 0.3) is 11.8 Å². The number of fused-ring (bicyclic) bond motifs is 1.